The third kappa shape index (κ3) is 3.40. The van der Waals surface area contributed by atoms with Crippen LogP contribution in [0, 0.1) is 6.92 Å². The van der Waals surface area contributed by atoms with Gasteiger partial charge in [0.1, 0.15) is 5.82 Å². The molecule has 1 aliphatic carbocycles. The van der Waals surface area contributed by atoms with Gasteiger partial charge in [0, 0.05) is 12.0 Å². The Morgan fingerprint density at radius 3 is 2.43 bits per heavy atom. The van der Waals surface area contributed by atoms with E-state index in [1.807, 2.05) is 6.92 Å². The molecule has 0 radical (unpaired) electrons. The van der Waals surface area contributed by atoms with Gasteiger partial charge in [-0.3, -0.25) is 9.52 Å². The van der Waals surface area contributed by atoms with Crippen LogP contribution in [-0.2, 0) is 14.8 Å². The van der Waals surface area contributed by atoms with Crippen LogP contribution < -0.4 is 4.72 Å². The first-order valence-electron chi connectivity index (χ1n) is 8.82. The molecule has 1 amide bonds. The van der Waals surface area contributed by atoms with Gasteiger partial charge in [-0.1, -0.05) is 24.3 Å². The van der Waals surface area contributed by atoms with Crippen LogP contribution in [0.5, 0.6) is 0 Å². The highest BCUT2D eigenvalue weighted by molar-refractivity contribution is 7.92. The van der Waals surface area contributed by atoms with Crippen LogP contribution in [0.25, 0.3) is 0 Å². The second kappa shape index (κ2) is 6.52. The number of carbonyl (C=O) groups excluding carboxylic acids is 1. The average molecular weight is 397 g/mol. The molecule has 9 heteroatoms. The Morgan fingerprint density at radius 1 is 1.14 bits per heavy atom. The summed E-state index contributed by atoms with van der Waals surface area (Å²) in [7, 11) is -3.84. The van der Waals surface area contributed by atoms with E-state index in [0.29, 0.717) is 5.71 Å². The number of sulfonamides is 1. The van der Waals surface area contributed by atoms with E-state index < -0.39 is 15.9 Å². The molecule has 1 saturated carbocycles. The number of benzene rings is 1. The number of aromatic nitrogens is 2. The van der Waals surface area contributed by atoms with Crippen molar-refractivity contribution in [1.29, 1.82) is 0 Å². The molecule has 0 spiro atoms. The Morgan fingerprint density at radius 2 is 1.82 bits per heavy atom. The van der Waals surface area contributed by atoms with Crippen molar-refractivity contribution in [1.82, 2.24) is 9.78 Å². The van der Waals surface area contributed by atoms with E-state index >= 15 is 0 Å². The SMILES string of the molecule is C=C1C(=O)N=C(n2nc(C3CC3)cc2NS(=O)(=O)c2ccc(C)cc2)N=C1C. The lowest BCUT2D eigenvalue weighted by molar-refractivity contribution is -0.113. The summed E-state index contributed by atoms with van der Waals surface area (Å²) in [6.45, 7) is 7.18. The molecule has 2 heterocycles. The lowest BCUT2D eigenvalue weighted by Gasteiger charge is -2.13. The van der Waals surface area contributed by atoms with Crippen LogP contribution in [0.15, 0.2) is 57.4 Å². The third-order valence-corrected chi connectivity index (χ3v) is 6.02. The Hall–Kier alpha value is -3.07. The molecule has 0 bridgehead atoms. The third-order valence-electron chi connectivity index (χ3n) is 4.65. The van der Waals surface area contributed by atoms with Gasteiger partial charge in [0.25, 0.3) is 21.9 Å². The van der Waals surface area contributed by atoms with E-state index in [1.54, 1.807) is 25.1 Å². The predicted molar refractivity (Wildman–Crippen MR) is 106 cm³/mol. The zero-order valence-electron chi connectivity index (χ0n) is 15.5. The fraction of sp³-hybridized carbons (Fsp3) is 0.263. The Kier molecular flexibility index (Phi) is 4.26. The molecule has 2 aliphatic rings. The number of amides is 1. The number of hydrogen-bond acceptors (Lipinski definition) is 5. The minimum absolute atomic E-state index is 0.0170. The second-order valence-corrected chi connectivity index (χ2v) is 8.63. The maximum atomic E-state index is 12.8. The van der Waals surface area contributed by atoms with Gasteiger partial charge in [-0.2, -0.15) is 14.8 Å². The summed E-state index contributed by atoms with van der Waals surface area (Å²) in [5.74, 6) is -0.0244. The normalized spacial score (nSPS) is 17.4. The number of anilines is 1. The zero-order valence-corrected chi connectivity index (χ0v) is 16.3. The Balaban J connectivity index is 1.75. The highest BCUT2D eigenvalue weighted by atomic mass is 32.2. The number of nitrogens with one attached hydrogen (secondary N) is 1. The van der Waals surface area contributed by atoms with Gasteiger partial charge in [-0.15, -0.1) is 0 Å². The Bertz CT molecular complexity index is 1150. The van der Waals surface area contributed by atoms with Crippen LogP contribution in [0.3, 0.4) is 0 Å². The largest absolute Gasteiger partial charge is 0.281 e. The smallest absolute Gasteiger partial charge is 0.267 e. The van der Waals surface area contributed by atoms with E-state index in [2.05, 4.69) is 26.4 Å². The quantitative estimate of drug-likeness (QED) is 0.801. The van der Waals surface area contributed by atoms with Crippen molar-refractivity contribution < 1.29 is 13.2 Å². The van der Waals surface area contributed by atoms with Crippen LogP contribution in [0.2, 0.25) is 0 Å². The van der Waals surface area contributed by atoms with Crippen molar-refractivity contribution in [3.63, 3.8) is 0 Å². The van der Waals surface area contributed by atoms with E-state index in [9.17, 15) is 13.2 Å². The summed E-state index contributed by atoms with van der Waals surface area (Å²) in [6, 6.07) is 8.20. The summed E-state index contributed by atoms with van der Waals surface area (Å²) in [5.41, 5.74) is 2.33. The molecule has 0 saturated heterocycles. The number of hydrogen-bond donors (Lipinski definition) is 1. The van der Waals surface area contributed by atoms with E-state index in [-0.39, 0.29) is 28.2 Å². The lowest BCUT2D eigenvalue weighted by Crippen LogP contribution is -2.25. The van der Waals surface area contributed by atoms with E-state index in [4.69, 9.17) is 0 Å². The highest BCUT2D eigenvalue weighted by Gasteiger charge is 2.30. The summed E-state index contributed by atoms with van der Waals surface area (Å²) in [5, 5.41) is 4.45. The van der Waals surface area contributed by atoms with Crippen molar-refractivity contribution in [2.24, 2.45) is 9.98 Å². The molecule has 1 aliphatic heterocycles. The van der Waals surface area contributed by atoms with Gasteiger partial charge in [-0.25, -0.2) is 13.4 Å². The lowest BCUT2D eigenvalue weighted by atomic mass is 10.2. The van der Waals surface area contributed by atoms with Crippen molar-refractivity contribution in [3.8, 4) is 0 Å². The zero-order chi connectivity index (χ0) is 20.1. The van der Waals surface area contributed by atoms with Gasteiger partial charge in [0.2, 0.25) is 0 Å². The molecular weight excluding hydrogens is 378 g/mol. The molecule has 0 atom stereocenters. The molecule has 1 aromatic carbocycles. The van der Waals surface area contributed by atoms with Crippen LogP contribution in [0.4, 0.5) is 5.82 Å². The average Bonchev–Trinajstić information content (AvgIpc) is 3.41. The molecule has 2 aromatic rings. The van der Waals surface area contributed by atoms with Crippen LogP contribution >= 0.6 is 0 Å². The second-order valence-electron chi connectivity index (χ2n) is 6.95. The fourth-order valence-corrected chi connectivity index (χ4v) is 3.80. The number of nitrogens with zero attached hydrogens (tertiary/aromatic N) is 4. The summed E-state index contributed by atoms with van der Waals surface area (Å²) in [6.07, 6.45) is 1.98. The van der Waals surface area contributed by atoms with Gasteiger partial charge >= 0.3 is 0 Å². The highest BCUT2D eigenvalue weighted by Crippen LogP contribution is 2.40. The maximum absolute atomic E-state index is 12.8. The first-order valence-corrected chi connectivity index (χ1v) is 10.3. The number of aliphatic imine (C=N–C) groups is 2. The maximum Gasteiger partial charge on any atom is 0.281 e. The fourth-order valence-electron chi connectivity index (χ4n) is 2.77. The summed E-state index contributed by atoms with van der Waals surface area (Å²) in [4.78, 5) is 20.3. The van der Waals surface area contributed by atoms with E-state index in [0.717, 1.165) is 24.1 Å². The van der Waals surface area contributed by atoms with Gasteiger partial charge in [0.05, 0.1) is 21.9 Å². The van der Waals surface area contributed by atoms with E-state index in [1.165, 1.54) is 16.8 Å². The van der Waals surface area contributed by atoms with Gasteiger partial charge in [0.15, 0.2) is 0 Å². The molecule has 0 unspecified atom stereocenters. The van der Waals surface area contributed by atoms with Crippen LogP contribution in [-0.4, -0.2) is 35.8 Å². The molecule has 1 aromatic heterocycles. The number of carbonyl (C=O) groups is 1. The van der Waals surface area contributed by atoms with Gasteiger partial charge in [-0.05, 0) is 38.8 Å². The first kappa shape index (κ1) is 18.3. The number of rotatable bonds is 4. The standard InChI is InChI=1S/C19H19N5O3S/c1-11-4-8-15(9-5-11)28(26,27)23-17-10-16(14-6-7-14)22-24(17)19-20-13(3)12(2)18(25)21-19/h4-5,8-10,14,23H,2,6-7H2,1,3H3. The predicted octanol–water partition coefficient (Wildman–Crippen LogP) is 2.63. The van der Waals surface area contributed by atoms with Crippen molar-refractivity contribution in [3.05, 3.63) is 53.7 Å². The van der Waals surface area contributed by atoms with Crippen molar-refractivity contribution in [2.75, 3.05) is 4.72 Å². The van der Waals surface area contributed by atoms with Crippen LogP contribution in [0.1, 0.15) is 36.9 Å². The molecular formula is C19H19N5O3S. The molecule has 144 valence electrons. The topological polar surface area (TPSA) is 106 Å². The molecule has 4 rings (SSSR count). The minimum Gasteiger partial charge on any atom is -0.267 e. The Labute approximate surface area is 162 Å². The molecule has 28 heavy (non-hydrogen) atoms. The van der Waals surface area contributed by atoms with Crippen molar-refractivity contribution >= 4 is 33.4 Å². The molecule has 1 N–H and O–H groups in total. The van der Waals surface area contributed by atoms with Crippen molar-refractivity contribution in [2.45, 2.75) is 37.5 Å². The summed E-state index contributed by atoms with van der Waals surface area (Å²) < 4.78 is 29.5. The monoisotopic (exact) mass is 397 g/mol. The summed E-state index contributed by atoms with van der Waals surface area (Å²) >= 11 is 0. The molecule has 1 fully saturated rings. The number of aryl methyl sites for hydroxylation is 1. The minimum atomic E-state index is -3.84. The van der Waals surface area contributed by atoms with Gasteiger partial charge < -0.3 is 0 Å². The first-order chi connectivity index (χ1) is 13.2. The molecule has 8 nitrogen and oxygen atoms in total.